The van der Waals surface area contributed by atoms with Gasteiger partial charge in [-0.2, -0.15) is 0 Å². The van der Waals surface area contributed by atoms with Gasteiger partial charge in [-0.25, -0.2) is 0 Å². The number of benzene rings is 1. The monoisotopic (exact) mass is 307 g/mol. The number of nitrogens with one attached hydrogen (secondary N) is 1. The van der Waals surface area contributed by atoms with Crippen molar-refractivity contribution in [1.29, 1.82) is 0 Å². The minimum Gasteiger partial charge on any atom is -0.497 e. The molecular weight excluding hydrogens is 282 g/mol. The molecule has 1 aliphatic rings. The first kappa shape index (κ1) is 16.0. The van der Waals surface area contributed by atoms with Crippen LogP contribution in [0.15, 0.2) is 24.3 Å². The van der Waals surface area contributed by atoms with E-state index in [4.69, 9.17) is 17.0 Å². The molecule has 2 rings (SSSR count). The molecule has 0 radical (unpaired) electrons. The Bertz CT molecular complexity index is 478. The zero-order valence-electron chi connectivity index (χ0n) is 13.1. The lowest BCUT2D eigenvalue weighted by Gasteiger charge is -2.39. The number of hydrogen-bond donors (Lipinski definition) is 1. The minimum atomic E-state index is 0.499. The molecule has 0 aliphatic carbocycles. The van der Waals surface area contributed by atoms with Crippen LogP contribution in [0.2, 0.25) is 0 Å². The Labute approximate surface area is 133 Å². The van der Waals surface area contributed by atoms with Crippen LogP contribution >= 0.6 is 12.2 Å². The summed E-state index contributed by atoms with van der Waals surface area (Å²) < 4.78 is 5.25. The smallest absolute Gasteiger partial charge is 0.173 e. The van der Waals surface area contributed by atoms with Crippen molar-refractivity contribution in [1.82, 2.24) is 9.80 Å². The molecule has 1 aromatic rings. The zero-order chi connectivity index (χ0) is 15.2. The van der Waals surface area contributed by atoms with Crippen LogP contribution in [0.25, 0.3) is 0 Å². The Morgan fingerprint density at radius 3 is 2.95 bits per heavy atom. The first-order valence-corrected chi connectivity index (χ1v) is 7.87. The highest BCUT2D eigenvalue weighted by atomic mass is 32.1. The van der Waals surface area contributed by atoms with Crippen molar-refractivity contribution in [2.24, 2.45) is 0 Å². The number of anilines is 1. The molecule has 4 nitrogen and oxygen atoms in total. The van der Waals surface area contributed by atoms with Crippen molar-refractivity contribution in [3.05, 3.63) is 24.3 Å². The van der Waals surface area contributed by atoms with Gasteiger partial charge in [0.25, 0.3) is 0 Å². The maximum atomic E-state index is 5.62. The summed E-state index contributed by atoms with van der Waals surface area (Å²) in [5.41, 5.74) is 0.980. The highest BCUT2D eigenvalue weighted by Gasteiger charge is 2.24. The number of nitrogens with zero attached hydrogens (tertiary/aromatic N) is 2. The SMILES string of the molecule is COc1cccc(NC(=S)N2CCCCC2CN(C)C)c1. The van der Waals surface area contributed by atoms with Gasteiger partial charge in [-0.05, 0) is 57.7 Å². The minimum absolute atomic E-state index is 0.499. The first-order chi connectivity index (χ1) is 10.1. The Hall–Kier alpha value is -1.33. The second-order valence-electron chi connectivity index (χ2n) is 5.77. The highest BCUT2D eigenvalue weighted by molar-refractivity contribution is 7.80. The van der Waals surface area contributed by atoms with Crippen LogP contribution in [0.5, 0.6) is 5.75 Å². The Morgan fingerprint density at radius 2 is 2.24 bits per heavy atom. The summed E-state index contributed by atoms with van der Waals surface area (Å²) in [5, 5.41) is 4.16. The van der Waals surface area contributed by atoms with Crippen molar-refractivity contribution in [2.45, 2.75) is 25.3 Å². The predicted octanol–water partition coefficient (Wildman–Crippen LogP) is 2.81. The molecule has 0 amide bonds. The molecular formula is C16H25N3OS. The molecule has 21 heavy (non-hydrogen) atoms. The number of ether oxygens (including phenoxy) is 1. The molecule has 0 spiro atoms. The van der Waals surface area contributed by atoms with Gasteiger partial charge in [0.15, 0.2) is 5.11 Å². The quantitative estimate of drug-likeness (QED) is 0.864. The summed E-state index contributed by atoms with van der Waals surface area (Å²) >= 11 is 5.62. The molecule has 1 fully saturated rings. The molecule has 0 aromatic heterocycles. The predicted molar refractivity (Wildman–Crippen MR) is 92.1 cm³/mol. The molecule has 116 valence electrons. The summed E-state index contributed by atoms with van der Waals surface area (Å²) in [4.78, 5) is 4.56. The second kappa shape index (κ2) is 7.61. The molecule has 0 bridgehead atoms. The summed E-state index contributed by atoms with van der Waals surface area (Å²) in [6.45, 7) is 2.08. The largest absolute Gasteiger partial charge is 0.497 e. The van der Waals surface area contributed by atoms with Crippen LogP contribution in [-0.4, -0.2) is 55.2 Å². The number of rotatable bonds is 4. The van der Waals surface area contributed by atoms with Gasteiger partial charge in [-0.1, -0.05) is 6.07 Å². The van der Waals surface area contributed by atoms with E-state index in [1.165, 1.54) is 19.3 Å². The lowest BCUT2D eigenvalue weighted by molar-refractivity contribution is 0.197. The molecule has 5 heteroatoms. The fourth-order valence-electron chi connectivity index (χ4n) is 2.78. The van der Waals surface area contributed by atoms with Crippen molar-refractivity contribution in [3.63, 3.8) is 0 Å². The van der Waals surface area contributed by atoms with Crippen molar-refractivity contribution in [2.75, 3.05) is 39.6 Å². The van der Waals surface area contributed by atoms with E-state index in [1.54, 1.807) is 7.11 Å². The molecule has 1 aliphatic heterocycles. The van der Waals surface area contributed by atoms with E-state index in [0.717, 1.165) is 29.6 Å². The second-order valence-corrected chi connectivity index (χ2v) is 6.15. The molecule has 0 saturated carbocycles. The fraction of sp³-hybridized carbons (Fsp3) is 0.562. The van der Waals surface area contributed by atoms with Gasteiger partial charge < -0.3 is 19.9 Å². The third-order valence-electron chi connectivity index (χ3n) is 3.78. The summed E-state index contributed by atoms with van der Waals surface area (Å²) in [5.74, 6) is 0.839. The van der Waals surface area contributed by atoms with Crippen LogP contribution in [0, 0.1) is 0 Å². The highest BCUT2D eigenvalue weighted by Crippen LogP contribution is 2.21. The van der Waals surface area contributed by atoms with E-state index in [1.807, 2.05) is 24.3 Å². The average Bonchev–Trinajstić information content (AvgIpc) is 2.47. The van der Waals surface area contributed by atoms with Crippen molar-refractivity contribution < 1.29 is 4.74 Å². The number of likely N-dealkylation sites (N-methyl/N-ethyl adjacent to an activating group) is 1. The Kier molecular flexibility index (Phi) is 5.82. The molecule has 1 saturated heterocycles. The van der Waals surface area contributed by atoms with E-state index in [0.29, 0.717) is 6.04 Å². The van der Waals surface area contributed by atoms with E-state index in [9.17, 15) is 0 Å². The van der Waals surface area contributed by atoms with E-state index in [-0.39, 0.29) is 0 Å². The van der Waals surface area contributed by atoms with Gasteiger partial charge in [0.1, 0.15) is 5.75 Å². The van der Waals surface area contributed by atoms with Gasteiger partial charge in [0.2, 0.25) is 0 Å². The van der Waals surface area contributed by atoms with Crippen LogP contribution in [0.4, 0.5) is 5.69 Å². The van der Waals surface area contributed by atoms with Crippen LogP contribution in [0.3, 0.4) is 0 Å². The van der Waals surface area contributed by atoms with Crippen molar-refractivity contribution >= 4 is 23.0 Å². The van der Waals surface area contributed by atoms with E-state index >= 15 is 0 Å². The molecule has 1 atom stereocenters. The van der Waals surface area contributed by atoms with Gasteiger partial charge in [0, 0.05) is 30.9 Å². The number of hydrogen-bond acceptors (Lipinski definition) is 3. The number of piperidine rings is 1. The molecule has 1 unspecified atom stereocenters. The fourth-order valence-corrected chi connectivity index (χ4v) is 3.13. The number of methoxy groups -OCH3 is 1. The van der Waals surface area contributed by atoms with Gasteiger partial charge >= 0.3 is 0 Å². The van der Waals surface area contributed by atoms with Crippen LogP contribution < -0.4 is 10.1 Å². The summed E-state index contributed by atoms with van der Waals surface area (Å²) in [6, 6.07) is 8.39. The lowest BCUT2D eigenvalue weighted by atomic mass is 10.0. The Balaban J connectivity index is 2.02. The average molecular weight is 307 g/mol. The van der Waals surface area contributed by atoms with Gasteiger partial charge in [-0.15, -0.1) is 0 Å². The molecule has 1 N–H and O–H groups in total. The third kappa shape index (κ3) is 4.58. The van der Waals surface area contributed by atoms with E-state index in [2.05, 4.69) is 29.2 Å². The van der Waals surface area contributed by atoms with Gasteiger partial charge in [-0.3, -0.25) is 0 Å². The summed E-state index contributed by atoms with van der Waals surface area (Å²) in [7, 11) is 5.91. The van der Waals surface area contributed by atoms with Crippen LogP contribution in [0.1, 0.15) is 19.3 Å². The lowest BCUT2D eigenvalue weighted by Crippen LogP contribution is -2.49. The number of thiocarbonyl (C=S) groups is 1. The maximum absolute atomic E-state index is 5.62. The van der Waals surface area contributed by atoms with Gasteiger partial charge in [0.05, 0.1) is 7.11 Å². The maximum Gasteiger partial charge on any atom is 0.173 e. The normalized spacial score (nSPS) is 18.7. The van der Waals surface area contributed by atoms with Crippen LogP contribution in [-0.2, 0) is 0 Å². The number of likely N-dealkylation sites (tertiary alicyclic amines) is 1. The zero-order valence-corrected chi connectivity index (χ0v) is 13.9. The summed E-state index contributed by atoms with van der Waals surface area (Å²) in [6.07, 6.45) is 3.71. The molecule has 1 heterocycles. The Morgan fingerprint density at radius 1 is 1.43 bits per heavy atom. The third-order valence-corrected chi connectivity index (χ3v) is 4.12. The molecule has 1 aromatic carbocycles. The standard InChI is InChI=1S/C16H25N3OS/c1-18(2)12-14-8-4-5-10-19(14)16(21)17-13-7-6-9-15(11-13)20-3/h6-7,9,11,14H,4-5,8,10,12H2,1-3H3,(H,17,21). The topological polar surface area (TPSA) is 27.7 Å². The van der Waals surface area contributed by atoms with Crippen molar-refractivity contribution in [3.8, 4) is 5.75 Å². The van der Waals surface area contributed by atoms with E-state index < -0.39 is 0 Å². The first-order valence-electron chi connectivity index (χ1n) is 7.46.